The molecule has 0 unspecified atom stereocenters. The maximum Gasteiger partial charge on any atom is 0.319 e. The minimum atomic E-state index is -0.165. The fourth-order valence-electron chi connectivity index (χ4n) is 2.00. The van der Waals surface area contributed by atoms with E-state index in [-0.39, 0.29) is 6.03 Å². The van der Waals surface area contributed by atoms with Crippen molar-refractivity contribution in [3.8, 4) is 0 Å². The molecule has 4 heteroatoms. The summed E-state index contributed by atoms with van der Waals surface area (Å²) >= 11 is 2.22. The van der Waals surface area contributed by atoms with Crippen molar-refractivity contribution >= 4 is 34.3 Å². The zero-order valence-electron chi connectivity index (χ0n) is 12.0. The highest BCUT2D eigenvalue weighted by molar-refractivity contribution is 14.1. The average molecular weight is 394 g/mol. The molecule has 2 aromatic carbocycles. The summed E-state index contributed by atoms with van der Waals surface area (Å²) in [7, 11) is 0. The number of carbonyl (C=O) groups excluding carboxylic acids is 1. The van der Waals surface area contributed by atoms with E-state index in [0.717, 1.165) is 22.1 Å². The third kappa shape index (κ3) is 5.38. The molecule has 2 rings (SSSR count). The number of hydrogen-bond donors (Lipinski definition) is 2. The summed E-state index contributed by atoms with van der Waals surface area (Å²) in [6.07, 6.45) is 1.89. The van der Waals surface area contributed by atoms with Crippen LogP contribution in [0, 0.1) is 3.57 Å². The van der Waals surface area contributed by atoms with Crippen LogP contribution in [0.3, 0.4) is 0 Å². The van der Waals surface area contributed by atoms with E-state index in [9.17, 15) is 4.79 Å². The first-order valence-corrected chi connectivity index (χ1v) is 8.13. The largest absolute Gasteiger partial charge is 0.338 e. The number of anilines is 1. The molecule has 0 radical (unpaired) electrons. The molecular weight excluding hydrogens is 375 g/mol. The maximum atomic E-state index is 11.8. The van der Waals surface area contributed by atoms with Gasteiger partial charge in [0.2, 0.25) is 0 Å². The molecule has 0 saturated carbocycles. The predicted octanol–water partition coefficient (Wildman–Crippen LogP) is 4.22. The molecule has 0 aliphatic carbocycles. The summed E-state index contributed by atoms with van der Waals surface area (Å²) in [6.45, 7) is 2.77. The summed E-state index contributed by atoms with van der Waals surface area (Å²) < 4.78 is 1.10. The minimum Gasteiger partial charge on any atom is -0.338 e. The molecule has 110 valence electrons. The Hall–Kier alpha value is -1.56. The van der Waals surface area contributed by atoms with Crippen molar-refractivity contribution in [2.75, 3.05) is 11.9 Å². The van der Waals surface area contributed by atoms with Crippen molar-refractivity contribution in [1.29, 1.82) is 0 Å². The summed E-state index contributed by atoms with van der Waals surface area (Å²) in [5, 5.41) is 5.71. The zero-order valence-corrected chi connectivity index (χ0v) is 14.2. The number of carbonyl (C=O) groups is 1. The number of aryl methyl sites for hydroxylation is 1. The monoisotopic (exact) mass is 394 g/mol. The molecule has 0 saturated heterocycles. The SMILES string of the molecule is CCc1ccc(CCNC(=O)Nc2cccc(I)c2)cc1. The van der Waals surface area contributed by atoms with Crippen LogP contribution in [0.2, 0.25) is 0 Å². The van der Waals surface area contributed by atoms with Gasteiger partial charge in [0.15, 0.2) is 0 Å². The standard InChI is InChI=1S/C17H19IN2O/c1-2-13-6-8-14(9-7-13)10-11-19-17(21)20-16-5-3-4-15(18)12-16/h3-9,12H,2,10-11H2,1H3,(H2,19,20,21). The molecule has 0 atom stereocenters. The Balaban J connectivity index is 1.76. The lowest BCUT2D eigenvalue weighted by atomic mass is 10.1. The van der Waals surface area contributed by atoms with E-state index in [1.54, 1.807) is 0 Å². The Morgan fingerprint density at radius 1 is 1.10 bits per heavy atom. The van der Waals surface area contributed by atoms with E-state index in [1.165, 1.54) is 11.1 Å². The van der Waals surface area contributed by atoms with Crippen molar-refractivity contribution < 1.29 is 4.79 Å². The second-order valence-electron chi connectivity index (χ2n) is 4.81. The van der Waals surface area contributed by atoms with Crippen LogP contribution in [0.1, 0.15) is 18.1 Å². The van der Waals surface area contributed by atoms with E-state index in [0.29, 0.717) is 6.54 Å². The lowest BCUT2D eigenvalue weighted by Crippen LogP contribution is -2.30. The molecule has 0 bridgehead atoms. The Labute approximate surface area is 139 Å². The number of urea groups is 1. The van der Waals surface area contributed by atoms with Crippen LogP contribution < -0.4 is 10.6 Å². The summed E-state index contributed by atoms with van der Waals surface area (Å²) in [5.41, 5.74) is 3.39. The second kappa shape index (κ2) is 8.02. The van der Waals surface area contributed by atoms with Gasteiger partial charge in [-0.1, -0.05) is 37.3 Å². The molecule has 0 aliphatic rings. The van der Waals surface area contributed by atoms with Crippen molar-refractivity contribution in [2.45, 2.75) is 19.8 Å². The third-order valence-corrected chi connectivity index (χ3v) is 3.88. The first-order chi connectivity index (χ1) is 10.2. The highest BCUT2D eigenvalue weighted by Gasteiger charge is 2.01. The molecule has 21 heavy (non-hydrogen) atoms. The molecule has 0 fully saturated rings. The van der Waals surface area contributed by atoms with Gasteiger partial charge in [-0.2, -0.15) is 0 Å². The highest BCUT2D eigenvalue weighted by atomic mass is 127. The fraction of sp³-hybridized carbons (Fsp3) is 0.235. The lowest BCUT2D eigenvalue weighted by Gasteiger charge is -2.08. The topological polar surface area (TPSA) is 41.1 Å². The van der Waals surface area contributed by atoms with E-state index in [2.05, 4.69) is 64.4 Å². The summed E-state index contributed by atoms with van der Waals surface area (Å²) in [6, 6.07) is 16.1. The van der Waals surface area contributed by atoms with E-state index >= 15 is 0 Å². The van der Waals surface area contributed by atoms with Crippen molar-refractivity contribution in [3.05, 3.63) is 63.2 Å². The van der Waals surface area contributed by atoms with Gasteiger partial charge in [0.25, 0.3) is 0 Å². The maximum absolute atomic E-state index is 11.8. The second-order valence-corrected chi connectivity index (χ2v) is 6.06. The van der Waals surface area contributed by atoms with E-state index in [4.69, 9.17) is 0 Å². The van der Waals surface area contributed by atoms with Gasteiger partial charge in [-0.3, -0.25) is 0 Å². The van der Waals surface area contributed by atoms with Crippen LogP contribution in [0.4, 0.5) is 10.5 Å². The van der Waals surface area contributed by atoms with Gasteiger partial charge < -0.3 is 10.6 Å². The van der Waals surface area contributed by atoms with Crippen molar-refractivity contribution in [1.82, 2.24) is 5.32 Å². The molecule has 2 amide bonds. The number of benzene rings is 2. The smallest absolute Gasteiger partial charge is 0.319 e. The van der Waals surface area contributed by atoms with Crippen LogP contribution in [-0.2, 0) is 12.8 Å². The normalized spacial score (nSPS) is 10.2. The molecule has 0 heterocycles. The quantitative estimate of drug-likeness (QED) is 0.733. The fourth-order valence-corrected chi connectivity index (χ4v) is 2.55. The average Bonchev–Trinajstić information content (AvgIpc) is 2.48. The summed E-state index contributed by atoms with van der Waals surface area (Å²) in [4.78, 5) is 11.8. The van der Waals surface area contributed by atoms with Crippen LogP contribution in [0.25, 0.3) is 0 Å². The predicted molar refractivity (Wildman–Crippen MR) is 95.7 cm³/mol. The molecule has 0 aromatic heterocycles. The Morgan fingerprint density at radius 2 is 1.81 bits per heavy atom. The Kier molecular flexibility index (Phi) is 6.04. The first kappa shape index (κ1) is 15.8. The van der Waals surface area contributed by atoms with Crippen molar-refractivity contribution in [2.24, 2.45) is 0 Å². The number of halogens is 1. The molecule has 2 N–H and O–H groups in total. The number of amides is 2. The molecule has 2 aromatic rings. The van der Waals surface area contributed by atoms with E-state index in [1.807, 2.05) is 24.3 Å². The Morgan fingerprint density at radius 3 is 2.48 bits per heavy atom. The van der Waals surface area contributed by atoms with E-state index < -0.39 is 0 Å². The molecular formula is C17H19IN2O. The van der Waals surface area contributed by atoms with Crippen LogP contribution in [0.5, 0.6) is 0 Å². The first-order valence-electron chi connectivity index (χ1n) is 7.05. The Bertz CT molecular complexity index is 596. The van der Waals surface area contributed by atoms with Gasteiger partial charge in [0.05, 0.1) is 0 Å². The number of rotatable bonds is 5. The third-order valence-electron chi connectivity index (χ3n) is 3.21. The van der Waals surface area contributed by atoms with Gasteiger partial charge in [-0.15, -0.1) is 0 Å². The lowest BCUT2D eigenvalue weighted by molar-refractivity contribution is 0.252. The van der Waals surface area contributed by atoms with Gasteiger partial charge in [-0.25, -0.2) is 4.79 Å². The highest BCUT2D eigenvalue weighted by Crippen LogP contribution is 2.12. The minimum absolute atomic E-state index is 0.165. The van der Waals surface area contributed by atoms with Gasteiger partial charge in [0, 0.05) is 15.8 Å². The summed E-state index contributed by atoms with van der Waals surface area (Å²) in [5.74, 6) is 0. The van der Waals surface area contributed by atoms with Crippen LogP contribution in [-0.4, -0.2) is 12.6 Å². The van der Waals surface area contributed by atoms with Crippen LogP contribution >= 0.6 is 22.6 Å². The zero-order chi connectivity index (χ0) is 15.1. The van der Waals surface area contributed by atoms with Gasteiger partial charge in [-0.05, 0) is 64.8 Å². The number of hydrogen-bond acceptors (Lipinski definition) is 1. The molecule has 0 aliphatic heterocycles. The molecule has 3 nitrogen and oxygen atoms in total. The van der Waals surface area contributed by atoms with Gasteiger partial charge in [0.1, 0.15) is 0 Å². The van der Waals surface area contributed by atoms with Crippen LogP contribution in [0.15, 0.2) is 48.5 Å². The molecule has 0 spiro atoms. The number of nitrogens with one attached hydrogen (secondary N) is 2. The van der Waals surface area contributed by atoms with Crippen molar-refractivity contribution in [3.63, 3.8) is 0 Å². The van der Waals surface area contributed by atoms with Gasteiger partial charge >= 0.3 is 6.03 Å².